The molecule has 1 fully saturated rings. The van der Waals surface area contributed by atoms with E-state index < -0.39 is 23.4 Å². The molecule has 1 atom stereocenters. The number of carbonyl (C=O) groups excluding carboxylic acids is 1. The summed E-state index contributed by atoms with van der Waals surface area (Å²) < 4.78 is 18.6. The maximum atomic E-state index is 13.3. The molecule has 0 saturated carbocycles. The Balaban J connectivity index is 2.12. The van der Waals surface area contributed by atoms with E-state index in [1.807, 2.05) is 0 Å². The van der Waals surface area contributed by atoms with Crippen LogP contribution in [0.1, 0.15) is 12.0 Å². The number of nitrogens with one attached hydrogen (secondary N) is 2. The van der Waals surface area contributed by atoms with Gasteiger partial charge in [-0.1, -0.05) is 0 Å². The standard InChI is InChI=1S/C13H14BrFN2O4/c1-7-4-9(15)8(14)5-10(7)16-12(20)17-13(11(18)19)2-3-21-6-13/h4-5H,2-3,6H2,1H3,(H,18,19)(H2,16,17,20). The Morgan fingerprint density at radius 1 is 1.48 bits per heavy atom. The molecule has 0 aromatic heterocycles. The van der Waals surface area contributed by atoms with E-state index in [4.69, 9.17) is 4.74 Å². The fourth-order valence-corrected chi connectivity index (χ4v) is 2.38. The van der Waals surface area contributed by atoms with Gasteiger partial charge < -0.3 is 20.5 Å². The third kappa shape index (κ3) is 3.33. The molecule has 0 radical (unpaired) electrons. The van der Waals surface area contributed by atoms with Crippen LogP contribution in [0.3, 0.4) is 0 Å². The second kappa shape index (κ2) is 5.98. The zero-order valence-corrected chi connectivity index (χ0v) is 12.8. The van der Waals surface area contributed by atoms with Crippen LogP contribution in [-0.2, 0) is 9.53 Å². The Morgan fingerprint density at radius 2 is 2.19 bits per heavy atom. The van der Waals surface area contributed by atoms with Crippen molar-refractivity contribution in [2.24, 2.45) is 0 Å². The summed E-state index contributed by atoms with van der Waals surface area (Å²) in [4.78, 5) is 23.3. The lowest BCUT2D eigenvalue weighted by molar-refractivity contribution is -0.144. The molecule has 2 amide bonds. The van der Waals surface area contributed by atoms with E-state index in [1.54, 1.807) is 6.92 Å². The molecule has 2 rings (SSSR count). The van der Waals surface area contributed by atoms with Gasteiger partial charge in [-0.2, -0.15) is 0 Å². The summed E-state index contributed by atoms with van der Waals surface area (Å²) in [6.07, 6.45) is 0.196. The van der Waals surface area contributed by atoms with Crippen LogP contribution in [-0.4, -0.2) is 35.9 Å². The van der Waals surface area contributed by atoms with Crippen molar-refractivity contribution >= 4 is 33.6 Å². The molecule has 1 aliphatic rings. The third-order valence-electron chi connectivity index (χ3n) is 3.30. The fraction of sp³-hybridized carbons (Fsp3) is 0.385. The fourth-order valence-electron chi connectivity index (χ4n) is 2.04. The Hall–Kier alpha value is -1.67. The number of urea groups is 1. The second-order valence-electron chi connectivity index (χ2n) is 4.85. The molecule has 8 heteroatoms. The number of hydrogen-bond acceptors (Lipinski definition) is 3. The van der Waals surface area contributed by atoms with Crippen LogP contribution in [0.5, 0.6) is 0 Å². The number of aliphatic carboxylic acids is 1. The van der Waals surface area contributed by atoms with Crippen molar-refractivity contribution in [1.82, 2.24) is 5.32 Å². The lowest BCUT2D eigenvalue weighted by Gasteiger charge is -2.24. The van der Waals surface area contributed by atoms with Gasteiger partial charge in [0, 0.05) is 18.7 Å². The minimum atomic E-state index is -1.42. The zero-order valence-electron chi connectivity index (χ0n) is 11.2. The summed E-state index contributed by atoms with van der Waals surface area (Å²) in [5.41, 5.74) is -0.506. The summed E-state index contributed by atoms with van der Waals surface area (Å²) in [6.45, 7) is 1.83. The van der Waals surface area contributed by atoms with Crippen LogP contribution in [0.2, 0.25) is 0 Å². The largest absolute Gasteiger partial charge is 0.479 e. The molecule has 0 spiro atoms. The number of aryl methyl sites for hydroxylation is 1. The van der Waals surface area contributed by atoms with Crippen LogP contribution >= 0.6 is 15.9 Å². The lowest BCUT2D eigenvalue weighted by atomic mass is 9.99. The number of carboxylic acid groups (broad SMARTS) is 1. The topological polar surface area (TPSA) is 87.7 Å². The van der Waals surface area contributed by atoms with E-state index in [2.05, 4.69) is 26.6 Å². The molecule has 1 saturated heterocycles. The number of hydrogen-bond donors (Lipinski definition) is 3. The summed E-state index contributed by atoms with van der Waals surface area (Å²) in [5, 5.41) is 14.2. The smallest absolute Gasteiger partial charge is 0.332 e. The van der Waals surface area contributed by atoms with Crippen LogP contribution in [0.4, 0.5) is 14.9 Å². The van der Waals surface area contributed by atoms with Crippen LogP contribution in [0.25, 0.3) is 0 Å². The van der Waals surface area contributed by atoms with Crippen molar-refractivity contribution in [1.29, 1.82) is 0 Å². The van der Waals surface area contributed by atoms with Crippen LogP contribution in [0.15, 0.2) is 16.6 Å². The molecule has 114 valence electrons. The number of ether oxygens (including phenoxy) is 1. The number of carboxylic acids is 1. The van der Waals surface area contributed by atoms with Crippen molar-refractivity contribution in [3.8, 4) is 0 Å². The van der Waals surface area contributed by atoms with Gasteiger partial charge in [-0.25, -0.2) is 14.0 Å². The molecular formula is C13H14BrFN2O4. The van der Waals surface area contributed by atoms with Gasteiger partial charge in [-0.05, 0) is 40.5 Å². The minimum absolute atomic E-state index is 0.0815. The predicted octanol–water partition coefficient (Wildman–Crippen LogP) is 2.26. The zero-order chi connectivity index (χ0) is 15.6. The predicted molar refractivity (Wildman–Crippen MR) is 76.8 cm³/mol. The number of benzene rings is 1. The number of carbonyl (C=O) groups is 2. The van der Waals surface area contributed by atoms with Gasteiger partial charge in [0.1, 0.15) is 5.82 Å². The van der Waals surface area contributed by atoms with Crippen molar-refractivity contribution in [2.75, 3.05) is 18.5 Å². The van der Waals surface area contributed by atoms with E-state index in [9.17, 15) is 19.1 Å². The highest BCUT2D eigenvalue weighted by Gasteiger charge is 2.44. The first-order valence-electron chi connectivity index (χ1n) is 6.20. The van der Waals surface area contributed by atoms with Crippen molar-refractivity contribution in [3.63, 3.8) is 0 Å². The number of halogens is 2. The minimum Gasteiger partial charge on any atom is -0.479 e. The maximum absolute atomic E-state index is 13.3. The van der Waals surface area contributed by atoms with Crippen molar-refractivity contribution in [3.05, 3.63) is 28.0 Å². The monoisotopic (exact) mass is 360 g/mol. The average molecular weight is 361 g/mol. The van der Waals surface area contributed by atoms with Gasteiger partial charge >= 0.3 is 12.0 Å². The Bertz CT molecular complexity index is 588. The molecule has 21 heavy (non-hydrogen) atoms. The molecule has 0 aliphatic carbocycles. The molecular weight excluding hydrogens is 347 g/mol. The molecule has 1 unspecified atom stereocenters. The lowest BCUT2D eigenvalue weighted by Crippen LogP contribution is -2.56. The van der Waals surface area contributed by atoms with E-state index >= 15 is 0 Å². The van der Waals surface area contributed by atoms with Gasteiger partial charge in [0.05, 0.1) is 11.1 Å². The highest BCUT2D eigenvalue weighted by Crippen LogP contribution is 2.25. The van der Waals surface area contributed by atoms with Gasteiger partial charge in [0.15, 0.2) is 5.54 Å². The summed E-state index contributed by atoms with van der Waals surface area (Å²) in [5.74, 6) is -1.59. The van der Waals surface area contributed by atoms with Crippen molar-refractivity contribution in [2.45, 2.75) is 18.9 Å². The summed E-state index contributed by atoms with van der Waals surface area (Å²) in [6, 6.07) is 2.01. The molecule has 1 aromatic carbocycles. The van der Waals surface area contributed by atoms with Crippen LogP contribution < -0.4 is 10.6 Å². The van der Waals surface area contributed by atoms with E-state index in [0.29, 0.717) is 11.3 Å². The Morgan fingerprint density at radius 3 is 2.76 bits per heavy atom. The molecule has 3 N–H and O–H groups in total. The quantitative estimate of drug-likeness (QED) is 0.771. The maximum Gasteiger partial charge on any atom is 0.332 e. The van der Waals surface area contributed by atoms with E-state index in [-0.39, 0.29) is 24.1 Å². The number of amides is 2. The van der Waals surface area contributed by atoms with Crippen LogP contribution in [0, 0.1) is 12.7 Å². The van der Waals surface area contributed by atoms with Crippen molar-refractivity contribution < 1.29 is 23.8 Å². The third-order valence-corrected chi connectivity index (χ3v) is 3.91. The van der Waals surface area contributed by atoms with Gasteiger partial charge in [0.2, 0.25) is 0 Å². The molecule has 1 heterocycles. The summed E-state index contributed by atoms with van der Waals surface area (Å²) >= 11 is 3.03. The highest BCUT2D eigenvalue weighted by molar-refractivity contribution is 9.10. The first-order valence-corrected chi connectivity index (χ1v) is 6.99. The number of rotatable bonds is 3. The molecule has 6 nitrogen and oxygen atoms in total. The van der Waals surface area contributed by atoms with Gasteiger partial charge in [-0.15, -0.1) is 0 Å². The SMILES string of the molecule is Cc1cc(F)c(Br)cc1NC(=O)NC1(C(=O)O)CCOC1. The molecule has 1 aromatic rings. The second-order valence-corrected chi connectivity index (χ2v) is 5.70. The van der Waals surface area contributed by atoms with E-state index in [0.717, 1.165) is 0 Å². The Labute approximate surface area is 128 Å². The average Bonchev–Trinajstić information content (AvgIpc) is 2.85. The normalized spacial score (nSPS) is 21.1. The summed E-state index contributed by atoms with van der Waals surface area (Å²) in [7, 11) is 0. The van der Waals surface area contributed by atoms with Gasteiger partial charge in [0.25, 0.3) is 0 Å². The molecule has 1 aliphatic heterocycles. The van der Waals surface area contributed by atoms with Gasteiger partial charge in [-0.3, -0.25) is 0 Å². The Kier molecular flexibility index (Phi) is 4.48. The molecule has 0 bridgehead atoms. The first kappa shape index (κ1) is 15.7. The highest BCUT2D eigenvalue weighted by atomic mass is 79.9. The first-order chi connectivity index (χ1) is 9.84. The van der Waals surface area contributed by atoms with E-state index in [1.165, 1.54) is 12.1 Å². The number of anilines is 1.